The fourth-order valence-corrected chi connectivity index (χ4v) is 3.18. The molecule has 3 rings (SSSR count). The van der Waals surface area contributed by atoms with Crippen LogP contribution in [-0.2, 0) is 0 Å². The number of para-hydroxylation sites is 1. The molecule has 0 unspecified atom stereocenters. The Morgan fingerprint density at radius 2 is 1.71 bits per heavy atom. The number of alkyl halides is 2. The van der Waals surface area contributed by atoms with Crippen LogP contribution in [0.15, 0.2) is 66.7 Å². The molecule has 0 saturated heterocycles. The molecule has 31 heavy (non-hydrogen) atoms. The van der Waals surface area contributed by atoms with Gasteiger partial charge in [-0.1, -0.05) is 29.8 Å². The maximum atomic E-state index is 13.1. The summed E-state index contributed by atoms with van der Waals surface area (Å²) in [6.07, 6.45) is -2.68. The molecule has 8 heteroatoms. The van der Waals surface area contributed by atoms with Crippen molar-refractivity contribution >= 4 is 34.7 Å². The largest absolute Gasteiger partial charge is 0.496 e. The Hall–Kier alpha value is -3.45. The molecule has 3 aromatic rings. The molecule has 0 bridgehead atoms. The van der Waals surface area contributed by atoms with Gasteiger partial charge in [0.25, 0.3) is 12.3 Å². The highest BCUT2D eigenvalue weighted by molar-refractivity contribution is 6.35. The van der Waals surface area contributed by atoms with Gasteiger partial charge in [-0.15, -0.1) is 0 Å². The highest BCUT2D eigenvalue weighted by Crippen LogP contribution is 2.29. The molecule has 3 aromatic carbocycles. The van der Waals surface area contributed by atoms with Crippen LogP contribution >= 0.6 is 11.6 Å². The minimum Gasteiger partial charge on any atom is -0.496 e. The molecule has 0 aliphatic heterocycles. The van der Waals surface area contributed by atoms with Crippen LogP contribution < -0.4 is 15.4 Å². The van der Waals surface area contributed by atoms with E-state index in [1.165, 1.54) is 25.3 Å². The second-order valence-corrected chi connectivity index (χ2v) is 6.94. The average molecular weight is 445 g/mol. The number of amides is 1. The van der Waals surface area contributed by atoms with Crippen molar-refractivity contribution in [1.29, 1.82) is 0 Å². The fourth-order valence-electron chi connectivity index (χ4n) is 2.91. The van der Waals surface area contributed by atoms with E-state index >= 15 is 0 Å². The molecular formula is C23H19ClF2N2O3. The predicted molar refractivity (Wildman–Crippen MR) is 116 cm³/mol. The smallest absolute Gasteiger partial charge is 0.255 e. The number of hydrogen-bond donors (Lipinski definition) is 2. The van der Waals surface area contributed by atoms with Gasteiger partial charge in [0.05, 0.1) is 24.2 Å². The van der Waals surface area contributed by atoms with E-state index in [0.717, 1.165) is 5.69 Å². The van der Waals surface area contributed by atoms with Crippen molar-refractivity contribution in [2.75, 3.05) is 19.0 Å². The Morgan fingerprint density at radius 1 is 0.968 bits per heavy atom. The lowest BCUT2D eigenvalue weighted by Crippen LogP contribution is -2.28. The number of ketones is 1. The molecule has 5 nitrogen and oxygen atoms in total. The number of hydrogen-bond acceptors (Lipinski definition) is 4. The zero-order valence-electron chi connectivity index (χ0n) is 16.5. The molecule has 0 aliphatic rings. The summed E-state index contributed by atoms with van der Waals surface area (Å²) in [5.41, 5.74) is 1.92. The van der Waals surface area contributed by atoms with E-state index in [1.807, 2.05) is 30.3 Å². The van der Waals surface area contributed by atoms with Crippen LogP contribution in [0.2, 0.25) is 5.02 Å². The topological polar surface area (TPSA) is 67.4 Å². The van der Waals surface area contributed by atoms with Gasteiger partial charge in [-0.2, -0.15) is 0 Å². The first-order chi connectivity index (χ1) is 14.9. The van der Waals surface area contributed by atoms with Gasteiger partial charge in [0, 0.05) is 22.5 Å². The van der Waals surface area contributed by atoms with Crippen LogP contribution in [-0.4, -0.2) is 31.8 Å². The lowest BCUT2D eigenvalue weighted by atomic mass is 9.99. The number of carbonyl (C=O) groups is 2. The van der Waals surface area contributed by atoms with Gasteiger partial charge in [0.2, 0.25) is 0 Å². The summed E-state index contributed by atoms with van der Waals surface area (Å²) in [6, 6.07) is 18.5. The van der Waals surface area contributed by atoms with Gasteiger partial charge in [-0.25, -0.2) is 8.78 Å². The van der Waals surface area contributed by atoms with Gasteiger partial charge in [0.1, 0.15) is 5.75 Å². The van der Waals surface area contributed by atoms with Gasteiger partial charge < -0.3 is 15.4 Å². The third-order valence-electron chi connectivity index (χ3n) is 4.40. The Bertz CT molecular complexity index is 1090. The number of rotatable bonds is 8. The lowest BCUT2D eigenvalue weighted by molar-refractivity contribution is 0.0891. The van der Waals surface area contributed by atoms with Crippen LogP contribution in [0.3, 0.4) is 0 Å². The molecule has 0 atom stereocenters. The molecule has 2 N–H and O–H groups in total. The maximum absolute atomic E-state index is 13.1. The fraction of sp³-hybridized carbons (Fsp3) is 0.130. The first-order valence-electron chi connectivity index (χ1n) is 9.29. The van der Waals surface area contributed by atoms with E-state index in [9.17, 15) is 18.4 Å². The van der Waals surface area contributed by atoms with Crippen molar-refractivity contribution in [2.24, 2.45) is 0 Å². The van der Waals surface area contributed by atoms with E-state index < -0.39 is 24.7 Å². The minimum atomic E-state index is -2.68. The van der Waals surface area contributed by atoms with Crippen LogP contribution in [0, 0.1) is 0 Å². The summed E-state index contributed by atoms with van der Waals surface area (Å²) in [6.45, 7) is -0.782. The Labute approximate surface area is 183 Å². The quantitative estimate of drug-likeness (QED) is 0.461. The van der Waals surface area contributed by atoms with Crippen molar-refractivity contribution in [2.45, 2.75) is 6.43 Å². The Kier molecular flexibility index (Phi) is 7.20. The first kappa shape index (κ1) is 22.2. The third kappa shape index (κ3) is 5.58. The highest BCUT2D eigenvalue weighted by Gasteiger charge is 2.20. The first-order valence-corrected chi connectivity index (χ1v) is 9.67. The molecule has 0 aromatic heterocycles. The van der Waals surface area contributed by atoms with Gasteiger partial charge in [-0.3, -0.25) is 9.59 Å². The third-order valence-corrected chi connectivity index (χ3v) is 4.71. The standard InChI is InChI=1S/C23H19ClF2N2O3/c1-31-20-10-7-14(23(30)27-13-21(25)26)11-18(20)22(29)17-9-8-16(12-19(17)24)28-15-5-3-2-4-6-15/h2-12,21,28H,13H2,1H3,(H,27,30). The van der Waals surface area contributed by atoms with Crippen molar-refractivity contribution in [3.05, 3.63) is 88.4 Å². The molecule has 0 fully saturated rings. The Balaban J connectivity index is 1.87. The molecule has 0 spiro atoms. The van der Waals surface area contributed by atoms with Gasteiger partial charge in [-0.05, 0) is 48.5 Å². The second kappa shape index (κ2) is 10.0. The lowest BCUT2D eigenvalue weighted by Gasteiger charge is -2.12. The molecule has 1 amide bonds. The summed E-state index contributed by atoms with van der Waals surface area (Å²) in [4.78, 5) is 25.2. The van der Waals surface area contributed by atoms with Crippen LogP contribution in [0.5, 0.6) is 5.75 Å². The number of halogens is 3. The summed E-state index contributed by atoms with van der Waals surface area (Å²) >= 11 is 6.36. The van der Waals surface area contributed by atoms with Crippen molar-refractivity contribution in [1.82, 2.24) is 5.32 Å². The van der Waals surface area contributed by atoms with Gasteiger partial charge in [0.15, 0.2) is 5.78 Å². The number of methoxy groups -OCH3 is 1. The number of anilines is 2. The van der Waals surface area contributed by atoms with Crippen LogP contribution in [0.25, 0.3) is 0 Å². The number of ether oxygens (including phenoxy) is 1. The molecule has 160 valence electrons. The molecule has 0 aliphatic carbocycles. The second-order valence-electron chi connectivity index (χ2n) is 6.53. The van der Waals surface area contributed by atoms with Crippen molar-refractivity contribution in [3.63, 3.8) is 0 Å². The van der Waals surface area contributed by atoms with E-state index in [1.54, 1.807) is 18.2 Å². The summed E-state index contributed by atoms with van der Waals surface area (Å²) in [5.74, 6) is -0.944. The maximum Gasteiger partial charge on any atom is 0.255 e. The minimum absolute atomic E-state index is 0.0586. The molecular weight excluding hydrogens is 426 g/mol. The van der Waals surface area contributed by atoms with E-state index in [0.29, 0.717) is 5.69 Å². The van der Waals surface area contributed by atoms with Gasteiger partial charge >= 0.3 is 0 Å². The summed E-state index contributed by atoms with van der Waals surface area (Å²) in [7, 11) is 1.39. The number of carbonyl (C=O) groups excluding carboxylic acids is 2. The molecule has 0 radical (unpaired) electrons. The molecule has 0 saturated carbocycles. The summed E-state index contributed by atoms with van der Waals surface area (Å²) < 4.78 is 30.0. The van der Waals surface area contributed by atoms with E-state index in [-0.39, 0.29) is 27.5 Å². The number of benzene rings is 3. The average Bonchev–Trinajstić information content (AvgIpc) is 2.77. The van der Waals surface area contributed by atoms with E-state index in [2.05, 4.69) is 10.6 Å². The normalized spacial score (nSPS) is 10.6. The Morgan fingerprint density at radius 3 is 2.35 bits per heavy atom. The monoisotopic (exact) mass is 444 g/mol. The van der Waals surface area contributed by atoms with Crippen molar-refractivity contribution in [3.8, 4) is 5.75 Å². The van der Waals surface area contributed by atoms with Crippen molar-refractivity contribution < 1.29 is 23.1 Å². The van der Waals surface area contributed by atoms with Crippen LogP contribution in [0.4, 0.5) is 20.2 Å². The zero-order chi connectivity index (χ0) is 22.4. The SMILES string of the molecule is COc1ccc(C(=O)NCC(F)F)cc1C(=O)c1ccc(Nc2ccccc2)cc1Cl. The molecule has 0 heterocycles. The predicted octanol–water partition coefficient (Wildman–Crippen LogP) is 5.32. The zero-order valence-corrected chi connectivity index (χ0v) is 17.2. The highest BCUT2D eigenvalue weighted by atomic mass is 35.5. The van der Waals surface area contributed by atoms with E-state index in [4.69, 9.17) is 16.3 Å². The number of nitrogens with one attached hydrogen (secondary N) is 2. The van der Waals surface area contributed by atoms with Crippen LogP contribution in [0.1, 0.15) is 26.3 Å². The summed E-state index contributed by atoms with van der Waals surface area (Å²) in [5, 5.41) is 5.50.